The highest BCUT2D eigenvalue weighted by atomic mass is 32.2. The van der Waals surface area contributed by atoms with Crippen molar-refractivity contribution in [2.45, 2.75) is 37.4 Å². The first kappa shape index (κ1) is 32.7. The number of esters is 1. The van der Waals surface area contributed by atoms with Gasteiger partial charge in [0.1, 0.15) is 29.4 Å². The number of amides is 2. The maximum Gasteiger partial charge on any atom is 0.352 e. The number of carboxylic acid groups (broad SMARTS) is 2. The van der Waals surface area contributed by atoms with Gasteiger partial charge in [-0.25, -0.2) is 14.6 Å². The molecule has 238 valence electrons. The summed E-state index contributed by atoms with van der Waals surface area (Å²) in [5.41, 5.74) is 2.62. The third-order valence-electron chi connectivity index (χ3n) is 6.47. The number of fused-ring (bicyclic) bond motifs is 1. The number of allylic oxidation sites excluding steroid dienone is 1. The number of anilines is 1. The Hall–Kier alpha value is -5.17. The molecule has 0 unspecified atom stereocenters. The molecule has 2 aromatic rings. The minimum atomic E-state index is -1.81. The van der Waals surface area contributed by atoms with Crippen molar-refractivity contribution in [1.29, 1.82) is 0 Å². The Bertz CT molecular complexity index is 1740. The fourth-order valence-corrected chi connectivity index (χ4v) is 5.89. The van der Waals surface area contributed by atoms with Crippen molar-refractivity contribution in [1.82, 2.24) is 19.8 Å². The molecule has 45 heavy (non-hydrogen) atoms. The predicted octanol–water partition coefficient (Wildman–Crippen LogP) is -0.198. The van der Waals surface area contributed by atoms with Gasteiger partial charge in [0, 0.05) is 22.9 Å². The number of β-lactam (4-membered cyclic amide) rings is 1. The molecule has 2 amide bonds. The number of hydrogen-bond donors (Lipinski definition) is 5. The Morgan fingerprint density at radius 1 is 1.24 bits per heavy atom. The van der Waals surface area contributed by atoms with Crippen LogP contribution in [0.5, 0.6) is 5.75 Å². The van der Waals surface area contributed by atoms with Crippen LogP contribution in [0.4, 0.5) is 5.13 Å². The number of rotatable bonds is 11. The van der Waals surface area contributed by atoms with E-state index in [-0.39, 0.29) is 40.1 Å². The number of thioether (sulfide) groups is 1. The Kier molecular flexibility index (Phi) is 9.33. The van der Waals surface area contributed by atoms with Gasteiger partial charge in [-0.05, 0) is 25.5 Å². The van der Waals surface area contributed by atoms with Gasteiger partial charge in [0.2, 0.25) is 11.0 Å². The summed E-state index contributed by atoms with van der Waals surface area (Å²) < 4.78 is 5.86. The van der Waals surface area contributed by atoms with Crippen LogP contribution in [0.1, 0.15) is 25.2 Å². The van der Waals surface area contributed by atoms with Crippen molar-refractivity contribution in [3.8, 4) is 5.75 Å². The SMILES string of the molecule is COC(=O)Cn1cc(O)c(=O)cc1C=CC1=C(C(=O)O)N2C(=O)[C@@H](NC(=O)/C(=N\OC(C)(C)C(=O)O)c3csc(N)n3)[C@H]2SC1. The number of methoxy groups -OCH3 is 1. The molecule has 1 saturated heterocycles. The lowest BCUT2D eigenvalue weighted by Gasteiger charge is -2.49. The molecule has 19 heteroatoms. The van der Waals surface area contributed by atoms with Crippen LogP contribution in [0.15, 0.2) is 44.9 Å². The third-order valence-corrected chi connectivity index (χ3v) is 8.45. The van der Waals surface area contributed by atoms with Gasteiger partial charge >= 0.3 is 17.9 Å². The molecular formula is C26H26N6O11S2. The molecule has 17 nitrogen and oxygen atoms in total. The van der Waals surface area contributed by atoms with Crippen LogP contribution in [0.3, 0.4) is 0 Å². The second kappa shape index (κ2) is 12.8. The van der Waals surface area contributed by atoms with Gasteiger partial charge in [-0.1, -0.05) is 11.2 Å². The number of nitrogens with one attached hydrogen (secondary N) is 1. The fourth-order valence-electron chi connectivity index (χ4n) is 4.03. The van der Waals surface area contributed by atoms with Gasteiger partial charge in [-0.2, -0.15) is 0 Å². The van der Waals surface area contributed by atoms with Crippen LogP contribution in [0.2, 0.25) is 0 Å². The van der Waals surface area contributed by atoms with E-state index in [0.717, 1.165) is 47.4 Å². The Morgan fingerprint density at radius 3 is 2.56 bits per heavy atom. The molecule has 0 radical (unpaired) electrons. The van der Waals surface area contributed by atoms with Crippen molar-refractivity contribution in [2.24, 2.45) is 5.16 Å². The number of carboxylic acids is 2. The summed E-state index contributed by atoms with van der Waals surface area (Å²) in [4.78, 5) is 84.1. The number of carbonyl (C=O) groups is 5. The van der Waals surface area contributed by atoms with Crippen molar-refractivity contribution in [3.05, 3.63) is 56.6 Å². The molecule has 0 bridgehead atoms. The summed E-state index contributed by atoms with van der Waals surface area (Å²) in [5.74, 6) is -5.69. The highest BCUT2D eigenvalue weighted by molar-refractivity contribution is 8.00. The molecule has 4 heterocycles. The van der Waals surface area contributed by atoms with Gasteiger partial charge in [-0.3, -0.25) is 24.1 Å². The van der Waals surface area contributed by atoms with Crippen LogP contribution < -0.4 is 16.5 Å². The molecule has 2 aromatic heterocycles. The first-order valence-corrected chi connectivity index (χ1v) is 14.7. The Labute approximate surface area is 261 Å². The van der Waals surface area contributed by atoms with Crippen LogP contribution >= 0.6 is 23.1 Å². The number of aromatic hydroxyl groups is 1. The first-order valence-electron chi connectivity index (χ1n) is 12.8. The van der Waals surface area contributed by atoms with Crippen molar-refractivity contribution >= 4 is 69.7 Å². The van der Waals surface area contributed by atoms with E-state index in [4.69, 9.17) is 10.6 Å². The van der Waals surface area contributed by atoms with Gasteiger partial charge in [0.15, 0.2) is 16.6 Å². The Balaban J connectivity index is 1.59. The largest absolute Gasteiger partial charge is 0.503 e. The smallest absolute Gasteiger partial charge is 0.352 e. The molecule has 2 aliphatic rings. The van der Waals surface area contributed by atoms with Crippen molar-refractivity contribution in [2.75, 3.05) is 18.6 Å². The standard InChI is InChI=1S/C26H26N6O11S2/c1-26(2,24(40)41)43-30-17(13-10-45-25(27)28-13)20(36)29-18-21(37)32-19(23(38)39)11(9-44-22(18)32)4-5-12-6-14(33)15(34)7-31(12)8-16(35)42-3/h4-7,10,18,22,34H,8-9H2,1-3H3,(H2,27,28)(H,29,36)(H,38,39)(H,40,41)/b5-4?,30-17-/t18-,22-/m1/s1. The average Bonchev–Trinajstić information content (AvgIpc) is 3.41. The van der Waals surface area contributed by atoms with E-state index in [1.54, 1.807) is 0 Å². The first-order chi connectivity index (χ1) is 21.1. The van der Waals surface area contributed by atoms with E-state index in [9.17, 15) is 44.1 Å². The van der Waals surface area contributed by atoms with Crippen molar-refractivity contribution < 1.29 is 48.9 Å². The molecular weight excluding hydrogens is 636 g/mol. The monoisotopic (exact) mass is 662 g/mol. The van der Waals surface area contributed by atoms with Crippen molar-refractivity contribution in [3.63, 3.8) is 0 Å². The number of aromatic nitrogens is 2. The number of oxime groups is 1. The van der Waals surface area contributed by atoms with Crippen LogP contribution in [-0.4, -0.2) is 95.1 Å². The van der Waals surface area contributed by atoms with Gasteiger partial charge in [0.05, 0.1) is 13.3 Å². The highest BCUT2D eigenvalue weighted by Gasteiger charge is 2.54. The summed E-state index contributed by atoms with van der Waals surface area (Å²) in [6, 6.07) is -0.135. The fraction of sp³-hybridized carbons (Fsp3) is 0.308. The number of hydrogen-bond acceptors (Lipinski definition) is 14. The zero-order valence-electron chi connectivity index (χ0n) is 23.7. The number of ether oxygens (including phenoxy) is 1. The maximum absolute atomic E-state index is 13.2. The molecule has 0 spiro atoms. The van der Waals surface area contributed by atoms with E-state index in [0.29, 0.717) is 0 Å². The lowest BCUT2D eigenvalue weighted by atomic mass is 10.0. The van der Waals surface area contributed by atoms with E-state index >= 15 is 0 Å². The number of thiazole rings is 1. The minimum absolute atomic E-state index is 0.0328. The lowest BCUT2D eigenvalue weighted by molar-refractivity contribution is -0.161. The molecule has 4 rings (SSSR count). The van der Waals surface area contributed by atoms with Crippen LogP contribution in [0.25, 0.3) is 6.08 Å². The van der Waals surface area contributed by atoms with Gasteiger partial charge < -0.3 is 40.5 Å². The number of nitrogens with two attached hydrogens (primary N) is 1. The average molecular weight is 663 g/mol. The topological polar surface area (TPSA) is 253 Å². The predicted molar refractivity (Wildman–Crippen MR) is 159 cm³/mol. The molecule has 0 aliphatic carbocycles. The summed E-state index contributed by atoms with van der Waals surface area (Å²) in [5, 5.41) is 35.9. The molecule has 0 aromatic carbocycles. The zero-order chi connectivity index (χ0) is 33.2. The quantitative estimate of drug-likeness (QED) is 0.0905. The number of aliphatic carboxylic acids is 2. The van der Waals surface area contributed by atoms with E-state index in [1.165, 1.54) is 35.9 Å². The van der Waals surface area contributed by atoms with Gasteiger partial charge in [-0.15, -0.1) is 23.1 Å². The lowest BCUT2D eigenvalue weighted by Crippen LogP contribution is -2.71. The van der Waals surface area contributed by atoms with Crippen LogP contribution in [-0.2, 0) is 40.1 Å². The second-order valence-corrected chi connectivity index (χ2v) is 11.9. The number of nitrogens with zero attached hydrogens (tertiary/aromatic N) is 4. The summed E-state index contributed by atoms with van der Waals surface area (Å²) in [6.45, 7) is 2.07. The number of pyridine rings is 1. The van der Waals surface area contributed by atoms with Crippen LogP contribution in [0, 0.1) is 0 Å². The zero-order valence-corrected chi connectivity index (χ0v) is 25.4. The van der Waals surface area contributed by atoms with E-state index in [1.807, 2.05) is 0 Å². The molecule has 0 saturated carbocycles. The maximum atomic E-state index is 13.2. The molecule has 2 atom stereocenters. The second-order valence-electron chi connectivity index (χ2n) is 9.94. The van der Waals surface area contributed by atoms with E-state index < -0.39 is 63.6 Å². The summed E-state index contributed by atoms with van der Waals surface area (Å²) in [6.07, 6.45) is 3.76. The number of carbonyl (C=O) groups excluding carboxylic acids is 3. The number of nitrogen functional groups attached to an aromatic ring is 1. The summed E-state index contributed by atoms with van der Waals surface area (Å²) >= 11 is 2.12. The third kappa shape index (κ3) is 6.83. The minimum Gasteiger partial charge on any atom is -0.503 e. The van der Waals surface area contributed by atoms with E-state index in [2.05, 4.69) is 20.2 Å². The molecule has 1 fully saturated rings. The highest BCUT2D eigenvalue weighted by Crippen LogP contribution is 2.41. The molecule has 2 aliphatic heterocycles. The summed E-state index contributed by atoms with van der Waals surface area (Å²) in [7, 11) is 1.16. The Morgan fingerprint density at radius 2 is 1.96 bits per heavy atom. The normalized spacial score (nSPS) is 18.3. The molecule has 6 N–H and O–H groups in total. The van der Waals surface area contributed by atoms with Gasteiger partial charge in [0.25, 0.3) is 11.8 Å².